The lowest BCUT2D eigenvalue weighted by Gasteiger charge is -2.05. The number of rotatable bonds is 5. The molecule has 2 aromatic rings. The molecule has 0 N–H and O–H groups in total. The maximum Gasteiger partial charge on any atom is 0.159 e. The maximum atomic E-state index is 6.03. The van der Waals surface area contributed by atoms with Gasteiger partial charge in [0, 0.05) is 10.8 Å². The van der Waals surface area contributed by atoms with Crippen LogP contribution in [0.5, 0.6) is 0 Å². The monoisotopic (exact) mass is 266 g/mol. The van der Waals surface area contributed by atoms with Gasteiger partial charge in [0.05, 0.1) is 0 Å². The molecule has 17 heavy (non-hydrogen) atoms. The lowest BCUT2D eigenvalue weighted by atomic mass is 10.2. The van der Waals surface area contributed by atoms with Gasteiger partial charge >= 0.3 is 0 Å². The Kier molecular flexibility index (Phi) is 4.63. The Balaban J connectivity index is 2.20. The Bertz CT molecular complexity index is 502. The number of benzene rings is 1. The molecule has 1 aromatic carbocycles. The van der Waals surface area contributed by atoms with Gasteiger partial charge in [0.1, 0.15) is 5.03 Å². The van der Waals surface area contributed by atoms with E-state index in [0.717, 1.165) is 21.6 Å². The van der Waals surface area contributed by atoms with E-state index >= 15 is 0 Å². The van der Waals surface area contributed by atoms with Gasteiger partial charge in [-0.25, -0.2) is 0 Å². The number of unbranched alkanes of at least 4 members (excludes halogenated alkanes) is 2. The molecule has 0 amide bonds. The summed E-state index contributed by atoms with van der Waals surface area (Å²) >= 11 is 7.80. The van der Waals surface area contributed by atoms with Crippen LogP contribution in [0.25, 0.3) is 10.8 Å². The van der Waals surface area contributed by atoms with Crippen LogP contribution in [0.3, 0.4) is 0 Å². The maximum absolute atomic E-state index is 6.03. The molecule has 90 valence electrons. The molecule has 0 radical (unpaired) electrons. The van der Waals surface area contributed by atoms with E-state index in [2.05, 4.69) is 23.2 Å². The number of hydrogen-bond donors (Lipinski definition) is 0. The average Bonchev–Trinajstić information content (AvgIpc) is 2.37. The second kappa shape index (κ2) is 6.22. The molecule has 0 atom stereocenters. The summed E-state index contributed by atoms with van der Waals surface area (Å²) in [6, 6.07) is 8.03. The number of nitrogens with zero attached hydrogens (tertiary/aromatic N) is 2. The van der Waals surface area contributed by atoms with Crippen LogP contribution in [-0.2, 0) is 0 Å². The summed E-state index contributed by atoms with van der Waals surface area (Å²) < 4.78 is 0. The summed E-state index contributed by atoms with van der Waals surface area (Å²) in [4.78, 5) is 0. The molecule has 0 fully saturated rings. The van der Waals surface area contributed by atoms with E-state index in [1.165, 1.54) is 19.3 Å². The summed E-state index contributed by atoms with van der Waals surface area (Å²) in [5.74, 6) is 1.09. The number of aromatic nitrogens is 2. The first kappa shape index (κ1) is 12.7. The summed E-state index contributed by atoms with van der Waals surface area (Å²) in [6.07, 6.45) is 3.74. The average molecular weight is 267 g/mol. The molecule has 0 unspecified atom stereocenters. The quantitative estimate of drug-likeness (QED) is 0.586. The third kappa shape index (κ3) is 3.11. The van der Waals surface area contributed by atoms with E-state index in [-0.39, 0.29) is 0 Å². The summed E-state index contributed by atoms with van der Waals surface area (Å²) in [7, 11) is 0. The Morgan fingerprint density at radius 2 is 1.88 bits per heavy atom. The molecular formula is C13H15ClN2S. The lowest BCUT2D eigenvalue weighted by molar-refractivity contribution is 0.778. The topological polar surface area (TPSA) is 25.8 Å². The lowest BCUT2D eigenvalue weighted by Crippen LogP contribution is -1.90. The van der Waals surface area contributed by atoms with Crippen LogP contribution in [0.2, 0.25) is 5.15 Å². The highest BCUT2D eigenvalue weighted by Crippen LogP contribution is 2.29. The smallest absolute Gasteiger partial charge is 0.142 e. The number of thioether (sulfide) groups is 1. The van der Waals surface area contributed by atoms with Crippen molar-refractivity contribution in [1.82, 2.24) is 10.2 Å². The van der Waals surface area contributed by atoms with Gasteiger partial charge in [0.15, 0.2) is 5.15 Å². The number of hydrogen-bond acceptors (Lipinski definition) is 3. The molecule has 0 aliphatic rings. The largest absolute Gasteiger partial charge is 0.159 e. The van der Waals surface area contributed by atoms with Gasteiger partial charge in [0.2, 0.25) is 0 Å². The van der Waals surface area contributed by atoms with Gasteiger partial charge in [0.25, 0.3) is 0 Å². The van der Waals surface area contributed by atoms with E-state index in [0.29, 0.717) is 5.15 Å². The molecule has 0 aliphatic carbocycles. The van der Waals surface area contributed by atoms with Crippen molar-refractivity contribution >= 4 is 34.1 Å². The van der Waals surface area contributed by atoms with Crippen molar-refractivity contribution in [1.29, 1.82) is 0 Å². The molecule has 0 bridgehead atoms. The minimum absolute atomic E-state index is 0.485. The minimum atomic E-state index is 0.485. The van der Waals surface area contributed by atoms with Gasteiger partial charge in [-0.15, -0.1) is 22.0 Å². The Morgan fingerprint density at radius 3 is 2.65 bits per heavy atom. The molecule has 1 heterocycles. The van der Waals surface area contributed by atoms with Crippen molar-refractivity contribution in [3.05, 3.63) is 29.4 Å². The zero-order valence-corrected chi connectivity index (χ0v) is 11.4. The van der Waals surface area contributed by atoms with Crippen LogP contribution in [0.1, 0.15) is 26.2 Å². The van der Waals surface area contributed by atoms with Crippen LogP contribution in [0, 0.1) is 0 Å². The molecule has 2 rings (SSSR count). The predicted octanol–water partition coefficient (Wildman–Crippen LogP) is 4.57. The normalized spacial score (nSPS) is 10.9. The van der Waals surface area contributed by atoms with E-state index in [1.54, 1.807) is 11.8 Å². The zero-order chi connectivity index (χ0) is 12.1. The van der Waals surface area contributed by atoms with Crippen LogP contribution >= 0.6 is 23.4 Å². The Hall–Kier alpha value is -0.800. The van der Waals surface area contributed by atoms with Gasteiger partial charge in [-0.3, -0.25) is 0 Å². The SMILES string of the molecule is CCCCCSc1nnc(Cl)c2ccccc12. The Labute approximate surface area is 111 Å². The highest BCUT2D eigenvalue weighted by Gasteiger charge is 2.07. The predicted molar refractivity (Wildman–Crippen MR) is 74.8 cm³/mol. The molecule has 0 saturated carbocycles. The highest BCUT2D eigenvalue weighted by atomic mass is 35.5. The van der Waals surface area contributed by atoms with E-state index in [1.807, 2.05) is 18.2 Å². The number of halogens is 1. The second-order valence-corrected chi connectivity index (χ2v) is 5.34. The molecule has 0 aliphatic heterocycles. The fraction of sp³-hybridized carbons (Fsp3) is 0.385. The van der Waals surface area contributed by atoms with Gasteiger partial charge in [-0.05, 0) is 12.2 Å². The summed E-state index contributed by atoms with van der Waals surface area (Å²) in [5, 5.41) is 11.8. The van der Waals surface area contributed by atoms with Crippen LogP contribution < -0.4 is 0 Å². The standard InChI is InChI=1S/C13H15ClN2S/c1-2-3-6-9-17-13-11-8-5-4-7-10(11)12(14)15-16-13/h4-5,7-8H,2-3,6,9H2,1H3. The van der Waals surface area contributed by atoms with E-state index < -0.39 is 0 Å². The Morgan fingerprint density at radius 1 is 1.12 bits per heavy atom. The van der Waals surface area contributed by atoms with Crippen LogP contribution in [0.15, 0.2) is 29.3 Å². The van der Waals surface area contributed by atoms with Crippen molar-refractivity contribution in [2.45, 2.75) is 31.2 Å². The second-order valence-electron chi connectivity index (χ2n) is 3.90. The van der Waals surface area contributed by atoms with Gasteiger partial charge in [-0.2, -0.15) is 0 Å². The molecular weight excluding hydrogens is 252 g/mol. The molecule has 4 heteroatoms. The van der Waals surface area contributed by atoms with Crippen molar-refractivity contribution in [2.24, 2.45) is 0 Å². The third-order valence-electron chi connectivity index (χ3n) is 2.60. The summed E-state index contributed by atoms with van der Waals surface area (Å²) in [5.41, 5.74) is 0. The van der Waals surface area contributed by atoms with Crippen molar-refractivity contribution in [3.63, 3.8) is 0 Å². The molecule has 0 spiro atoms. The minimum Gasteiger partial charge on any atom is -0.142 e. The fourth-order valence-corrected chi connectivity index (χ4v) is 2.85. The highest BCUT2D eigenvalue weighted by molar-refractivity contribution is 7.99. The van der Waals surface area contributed by atoms with Gasteiger partial charge in [-0.1, -0.05) is 55.6 Å². The summed E-state index contributed by atoms with van der Waals surface area (Å²) in [6.45, 7) is 2.21. The van der Waals surface area contributed by atoms with Crippen molar-refractivity contribution < 1.29 is 0 Å². The molecule has 0 saturated heterocycles. The zero-order valence-electron chi connectivity index (χ0n) is 9.82. The molecule has 1 aromatic heterocycles. The first-order valence-electron chi connectivity index (χ1n) is 5.86. The van der Waals surface area contributed by atoms with E-state index in [4.69, 9.17) is 11.6 Å². The van der Waals surface area contributed by atoms with Crippen molar-refractivity contribution in [3.8, 4) is 0 Å². The third-order valence-corrected chi connectivity index (χ3v) is 3.94. The van der Waals surface area contributed by atoms with E-state index in [9.17, 15) is 0 Å². The van der Waals surface area contributed by atoms with Crippen LogP contribution in [0.4, 0.5) is 0 Å². The first-order chi connectivity index (χ1) is 8.33. The number of fused-ring (bicyclic) bond motifs is 1. The fourth-order valence-electron chi connectivity index (χ4n) is 1.67. The van der Waals surface area contributed by atoms with Crippen molar-refractivity contribution in [2.75, 3.05) is 5.75 Å². The van der Waals surface area contributed by atoms with Crippen LogP contribution in [-0.4, -0.2) is 16.0 Å². The molecule has 2 nitrogen and oxygen atoms in total. The first-order valence-corrected chi connectivity index (χ1v) is 7.23. The van der Waals surface area contributed by atoms with Gasteiger partial charge < -0.3 is 0 Å².